The number of rotatable bonds is 4. The third kappa shape index (κ3) is 2.55. The van der Waals surface area contributed by atoms with Gasteiger partial charge in [0.2, 0.25) is 0 Å². The summed E-state index contributed by atoms with van der Waals surface area (Å²) in [7, 11) is 0. The van der Waals surface area contributed by atoms with E-state index in [2.05, 4.69) is 31.1 Å². The third-order valence-corrected chi connectivity index (χ3v) is 3.32. The number of carbonyl (C=O) groups is 1. The van der Waals surface area contributed by atoms with Gasteiger partial charge in [0, 0.05) is 5.56 Å². The van der Waals surface area contributed by atoms with E-state index in [1.54, 1.807) is 0 Å². The number of benzene rings is 1. The van der Waals surface area contributed by atoms with Crippen molar-refractivity contribution in [3.05, 3.63) is 47.7 Å². The molecule has 0 saturated heterocycles. The number of carbonyl (C=O) groups excluding carboxylic acids is 1. The van der Waals surface area contributed by atoms with Crippen LogP contribution in [0.5, 0.6) is 0 Å². The minimum atomic E-state index is 0.0911. The molecule has 0 saturated carbocycles. The van der Waals surface area contributed by atoms with E-state index in [4.69, 9.17) is 0 Å². The van der Waals surface area contributed by atoms with Crippen molar-refractivity contribution in [2.24, 2.45) is 5.92 Å². The number of nitrogens with one attached hydrogen (secondary N) is 2. The third-order valence-electron chi connectivity index (χ3n) is 3.32. The van der Waals surface area contributed by atoms with Crippen LogP contribution in [0.2, 0.25) is 0 Å². The summed E-state index contributed by atoms with van der Waals surface area (Å²) in [6.45, 7) is 10.2. The van der Waals surface area contributed by atoms with Gasteiger partial charge in [0.25, 0.3) is 0 Å². The lowest BCUT2D eigenvalue weighted by Gasteiger charge is -2.18. The van der Waals surface area contributed by atoms with Gasteiger partial charge in [-0.3, -0.25) is 4.79 Å². The Bertz CT molecular complexity index is 543. The first kappa shape index (κ1) is 13.4. The van der Waals surface area contributed by atoms with Gasteiger partial charge in [0.05, 0.1) is 11.9 Å². The Morgan fingerprint density at radius 2 is 2.00 bits per heavy atom. The van der Waals surface area contributed by atoms with E-state index in [0.29, 0.717) is 11.6 Å². The molecule has 0 bridgehead atoms. The first-order chi connectivity index (χ1) is 9.04. The van der Waals surface area contributed by atoms with Crippen LogP contribution in [-0.4, -0.2) is 12.5 Å². The fourth-order valence-electron chi connectivity index (χ4n) is 2.23. The van der Waals surface area contributed by atoms with Crippen LogP contribution in [-0.2, 0) is 4.79 Å². The highest BCUT2D eigenvalue weighted by Crippen LogP contribution is 2.27. The van der Waals surface area contributed by atoms with E-state index in [0.717, 1.165) is 28.7 Å². The van der Waals surface area contributed by atoms with E-state index in [1.165, 1.54) is 0 Å². The Labute approximate surface area is 114 Å². The summed E-state index contributed by atoms with van der Waals surface area (Å²) in [6.07, 6.45) is 0.966. The molecule has 0 spiro atoms. The smallest absolute Gasteiger partial charge is 0.168 e. The molecule has 2 N–H and O–H groups in total. The SMILES string of the molecule is C=C(C)c1ccccc1C1=C(C=O)NC(C(C)C)N1. The number of hydrogen-bond acceptors (Lipinski definition) is 3. The van der Waals surface area contributed by atoms with Gasteiger partial charge in [-0.25, -0.2) is 0 Å². The summed E-state index contributed by atoms with van der Waals surface area (Å²) in [5.41, 5.74) is 4.56. The lowest BCUT2D eigenvalue weighted by molar-refractivity contribution is -0.105. The van der Waals surface area contributed by atoms with Gasteiger partial charge in [-0.2, -0.15) is 0 Å². The molecule has 0 aromatic heterocycles. The topological polar surface area (TPSA) is 41.1 Å². The van der Waals surface area contributed by atoms with Crippen LogP contribution in [0.25, 0.3) is 11.3 Å². The molecule has 1 aliphatic rings. The molecule has 1 heterocycles. The molecule has 1 atom stereocenters. The van der Waals surface area contributed by atoms with Crippen LogP contribution in [0.4, 0.5) is 0 Å². The molecule has 0 radical (unpaired) electrons. The second-order valence-electron chi connectivity index (χ2n) is 5.24. The highest BCUT2D eigenvalue weighted by molar-refractivity contribution is 5.91. The van der Waals surface area contributed by atoms with Gasteiger partial charge < -0.3 is 10.6 Å². The van der Waals surface area contributed by atoms with Crippen molar-refractivity contribution < 1.29 is 4.79 Å². The predicted molar refractivity (Wildman–Crippen MR) is 79.0 cm³/mol. The van der Waals surface area contributed by atoms with Gasteiger partial charge in [0.15, 0.2) is 6.29 Å². The first-order valence-corrected chi connectivity index (χ1v) is 6.52. The molecule has 1 aromatic carbocycles. The normalized spacial score (nSPS) is 18.2. The van der Waals surface area contributed by atoms with E-state index >= 15 is 0 Å². The zero-order valence-electron chi connectivity index (χ0n) is 11.7. The summed E-state index contributed by atoms with van der Waals surface area (Å²) >= 11 is 0. The summed E-state index contributed by atoms with van der Waals surface area (Å²) in [4.78, 5) is 11.3. The fraction of sp³-hybridized carbons (Fsp3) is 0.312. The van der Waals surface area contributed by atoms with Crippen molar-refractivity contribution in [1.29, 1.82) is 0 Å². The van der Waals surface area contributed by atoms with Crippen LogP contribution < -0.4 is 10.6 Å². The van der Waals surface area contributed by atoms with E-state index < -0.39 is 0 Å². The Balaban J connectivity index is 2.46. The molecule has 1 unspecified atom stereocenters. The van der Waals surface area contributed by atoms with E-state index in [9.17, 15) is 4.79 Å². The highest BCUT2D eigenvalue weighted by atomic mass is 16.1. The standard InChI is InChI=1S/C16H20N2O/c1-10(2)12-7-5-6-8-13(12)15-14(9-19)17-16(18-15)11(3)4/h5-9,11,16-18H,1H2,2-4H3. The number of aldehydes is 1. The van der Waals surface area contributed by atoms with Gasteiger partial charge in [-0.05, 0) is 18.4 Å². The van der Waals surface area contributed by atoms with Gasteiger partial charge in [-0.1, -0.05) is 50.3 Å². The molecule has 19 heavy (non-hydrogen) atoms. The van der Waals surface area contributed by atoms with Crippen molar-refractivity contribution >= 4 is 17.6 Å². The Morgan fingerprint density at radius 3 is 2.58 bits per heavy atom. The Morgan fingerprint density at radius 1 is 1.32 bits per heavy atom. The Kier molecular flexibility index (Phi) is 3.74. The van der Waals surface area contributed by atoms with Gasteiger partial charge >= 0.3 is 0 Å². The minimum absolute atomic E-state index is 0.0911. The van der Waals surface area contributed by atoms with Crippen molar-refractivity contribution in [2.75, 3.05) is 0 Å². The lowest BCUT2D eigenvalue weighted by atomic mass is 9.99. The average molecular weight is 256 g/mol. The second-order valence-corrected chi connectivity index (χ2v) is 5.24. The van der Waals surface area contributed by atoms with Crippen molar-refractivity contribution in [2.45, 2.75) is 26.9 Å². The molecule has 3 nitrogen and oxygen atoms in total. The van der Waals surface area contributed by atoms with Crippen LogP contribution in [0, 0.1) is 5.92 Å². The fourth-order valence-corrected chi connectivity index (χ4v) is 2.23. The van der Waals surface area contributed by atoms with Gasteiger partial charge in [0.1, 0.15) is 5.70 Å². The van der Waals surface area contributed by atoms with Crippen molar-refractivity contribution in [3.8, 4) is 0 Å². The molecule has 0 amide bonds. The number of hydrogen-bond donors (Lipinski definition) is 2. The van der Waals surface area contributed by atoms with Crippen LogP contribution in [0.1, 0.15) is 31.9 Å². The molecule has 0 aliphatic carbocycles. The van der Waals surface area contributed by atoms with E-state index in [-0.39, 0.29) is 6.17 Å². The predicted octanol–water partition coefficient (Wildman–Crippen LogP) is 2.76. The molecule has 1 aliphatic heterocycles. The minimum Gasteiger partial charge on any atom is -0.363 e. The largest absolute Gasteiger partial charge is 0.363 e. The number of allylic oxidation sites excluding steroid dienone is 2. The quantitative estimate of drug-likeness (QED) is 0.814. The molecular formula is C16H20N2O. The molecular weight excluding hydrogens is 236 g/mol. The maximum Gasteiger partial charge on any atom is 0.168 e. The molecule has 3 heteroatoms. The monoisotopic (exact) mass is 256 g/mol. The second kappa shape index (κ2) is 5.31. The molecule has 2 rings (SSSR count). The Hall–Kier alpha value is -2.03. The maximum atomic E-state index is 11.3. The summed E-state index contributed by atoms with van der Waals surface area (Å²) < 4.78 is 0. The molecule has 1 aromatic rings. The van der Waals surface area contributed by atoms with Crippen LogP contribution in [0.15, 0.2) is 36.5 Å². The summed E-state index contributed by atoms with van der Waals surface area (Å²) in [5, 5.41) is 6.62. The zero-order valence-corrected chi connectivity index (χ0v) is 11.7. The molecule has 0 fully saturated rings. The van der Waals surface area contributed by atoms with Gasteiger partial charge in [-0.15, -0.1) is 0 Å². The van der Waals surface area contributed by atoms with Crippen LogP contribution in [0.3, 0.4) is 0 Å². The van der Waals surface area contributed by atoms with Crippen molar-refractivity contribution in [3.63, 3.8) is 0 Å². The summed E-state index contributed by atoms with van der Waals surface area (Å²) in [6, 6.07) is 8.00. The van der Waals surface area contributed by atoms with Crippen molar-refractivity contribution in [1.82, 2.24) is 10.6 Å². The maximum absolute atomic E-state index is 11.3. The summed E-state index contributed by atoms with van der Waals surface area (Å²) in [5.74, 6) is 0.393. The van der Waals surface area contributed by atoms with E-state index in [1.807, 2.05) is 31.2 Å². The first-order valence-electron chi connectivity index (χ1n) is 6.52. The average Bonchev–Trinajstić information content (AvgIpc) is 2.82. The lowest BCUT2D eigenvalue weighted by Crippen LogP contribution is -2.37. The zero-order chi connectivity index (χ0) is 14.0. The van der Waals surface area contributed by atoms with Crippen LogP contribution >= 0.6 is 0 Å². The molecule has 100 valence electrons. The highest BCUT2D eigenvalue weighted by Gasteiger charge is 2.26.